The van der Waals surface area contributed by atoms with Crippen molar-refractivity contribution in [2.45, 2.75) is 26.7 Å². The van der Waals surface area contributed by atoms with Crippen molar-refractivity contribution in [3.05, 3.63) is 58.7 Å². The summed E-state index contributed by atoms with van der Waals surface area (Å²) in [5.74, 6) is 0.0842. The Morgan fingerprint density at radius 3 is 2.62 bits per heavy atom. The second-order valence-electron chi connectivity index (χ2n) is 6.52. The number of anilines is 1. The van der Waals surface area contributed by atoms with Crippen LogP contribution in [-0.2, 0) is 16.0 Å². The fraction of sp³-hybridized carbons (Fsp3) is 0.333. The minimum atomic E-state index is -0.478. The van der Waals surface area contributed by atoms with Crippen LogP contribution in [0.3, 0.4) is 0 Å². The molecule has 0 unspecified atom stereocenters. The molecule has 0 N–H and O–H groups in total. The Morgan fingerprint density at radius 1 is 1.08 bits per heavy atom. The molecule has 26 heavy (non-hydrogen) atoms. The molecule has 5 nitrogen and oxygen atoms in total. The number of hydrogen-bond acceptors (Lipinski definition) is 4. The van der Waals surface area contributed by atoms with Crippen LogP contribution in [-0.4, -0.2) is 32.1 Å². The number of esters is 1. The van der Waals surface area contributed by atoms with Gasteiger partial charge in [0.2, 0.25) is 0 Å². The number of carbonyl (C=O) groups excluding carboxylic acids is 2. The summed E-state index contributed by atoms with van der Waals surface area (Å²) >= 11 is 0. The Labute approximate surface area is 153 Å². The van der Waals surface area contributed by atoms with Gasteiger partial charge in [0.25, 0.3) is 5.91 Å². The van der Waals surface area contributed by atoms with Gasteiger partial charge in [-0.25, -0.2) is 4.79 Å². The Bertz CT molecular complexity index is 844. The standard InChI is InChI=1S/C21H23NO4/c1-14-6-7-17(11-15(14)2)21(24)26-13-20(23)22-10-4-5-16-12-18(25-3)8-9-19(16)22/h6-9,11-12H,4-5,10,13H2,1-3H3. The van der Waals surface area contributed by atoms with E-state index in [0.717, 1.165) is 41.0 Å². The van der Waals surface area contributed by atoms with Crippen molar-refractivity contribution in [2.75, 3.05) is 25.2 Å². The Balaban J connectivity index is 1.67. The molecule has 0 aromatic heterocycles. The first kappa shape index (κ1) is 18.0. The summed E-state index contributed by atoms with van der Waals surface area (Å²) in [5, 5.41) is 0. The van der Waals surface area contributed by atoms with Crippen LogP contribution in [0, 0.1) is 13.8 Å². The predicted octanol–water partition coefficient (Wildman–Crippen LogP) is 3.45. The number of benzene rings is 2. The SMILES string of the molecule is COc1ccc2c(c1)CCCN2C(=O)COC(=O)c1ccc(C)c(C)c1. The second kappa shape index (κ2) is 7.60. The highest BCUT2D eigenvalue weighted by Crippen LogP contribution is 2.30. The number of rotatable bonds is 4. The van der Waals surface area contributed by atoms with Crippen LogP contribution in [0.2, 0.25) is 0 Å². The molecule has 1 aliphatic heterocycles. The van der Waals surface area contributed by atoms with E-state index in [-0.39, 0.29) is 12.5 Å². The maximum atomic E-state index is 12.6. The van der Waals surface area contributed by atoms with Crippen LogP contribution in [0.25, 0.3) is 0 Å². The number of methoxy groups -OCH3 is 1. The van der Waals surface area contributed by atoms with Gasteiger partial charge in [-0.1, -0.05) is 6.07 Å². The molecule has 0 saturated carbocycles. The van der Waals surface area contributed by atoms with Crippen molar-refractivity contribution < 1.29 is 19.1 Å². The first-order chi connectivity index (χ1) is 12.5. The molecular weight excluding hydrogens is 330 g/mol. The Hall–Kier alpha value is -2.82. The van der Waals surface area contributed by atoms with Gasteiger partial charge in [0.1, 0.15) is 5.75 Å². The van der Waals surface area contributed by atoms with Gasteiger partial charge >= 0.3 is 5.97 Å². The number of nitrogens with zero attached hydrogens (tertiary/aromatic N) is 1. The number of hydrogen-bond donors (Lipinski definition) is 0. The van der Waals surface area contributed by atoms with Gasteiger partial charge in [0.15, 0.2) is 6.61 Å². The summed E-state index contributed by atoms with van der Waals surface area (Å²) in [5.41, 5.74) is 4.53. The highest BCUT2D eigenvalue weighted by molar-refractivity contribution is 5.98. The molecular formula is C21H23NO4. The van der Waals surface area contributed by atoms with E-state index in [1.54, 1.807) is 24.1 Å². The maximum Gasteiger partial charge on any atom is 0.338 e. The molecule has 3 rings (SSSR count). The lowest BCUT2D eigenvalue weighted by Crippen LogP contribution is -2.38. The number of carbonyl (C=O) groups is 2. The highest BCUT2D eigenvalue weighted by Gasteiger charge is 2.24. The molecule has 1 aliphatic rings. The minimum Gasteiger partial charge on any atom is -0.497 e. The summed E-state index contributed by atoms with van der Waals surface area (Å²) in [7, 11) is 1.62. The van der Waals surface area contributed by atoms with Crippen molar-refractivity contribution in [3.63, 3.8) is 0 Å². The average molecular weight is 353 g/mol. The molecule has 0 saturated heterocycles. The molecule has 0 spiro atoms. The zero-order chi connectivity index (χ0) is 18.7. The van der Waals surface area contributed by atoms with Crippen LogP contribution < -0.4 is 9.64 Å². The zero-order valence-corrected chi connectivity index (χ0v) is 15.4. The van der Waals surface area contributed by atoms with Crippen LogP contribution in [0.1, 0.15) is 33.5 Å². The van der Waals surface area contributed by atoms with E-state index in [2.05, 4.69) is 0 Å². The molecule has 0 radical (unpaired) electrons. The summed E-state index contributed by atoms with van der Waals surface area (Å²) < 4.78 is 10.5. The summed E-state index contributed by atoms with van der Waals surface area (Å²) in [6, 6.07) is 11.1. The van der Waals surface area contributed by atoms with E-state index in [4.69, 9.17) is 9.47 Å². The smallest absolute Gasteiger partial charge is 0.338 e. The minimum absolute atomic E-state index is 0.215. The van der Waals surface area contributed by atoms with Gasteiger partial charge in [0, 0.05) is 12.2 Å². The lowest BCUT2D eigenvalue weighted by atomic mass is 10.0. The van der Waals surface area contributed by atoms with E-state index in [9.17, 15) is 9.59 Å². The van der Waals surface area contributed by atoms with E-state index < -0.39 is 5.97 Å². The summed E-state index contributed by atoms with van der Waals surface area (Å²) in [6.45, 7) is 4.28. The highest BCUT2D eigenvalue weighted by atomic mass is 16.5. The number of ether oxygens (including phenoxy) is 2. The van der Waals surface area contributed by atoms with Gasteiger partial charge in [-0.2, -0.15) is 0 Å². The van der Waals surface area contributed by atoms with Gasteiger partial charge < -0.3 is 14.4 Å². The van der Waals surface area contributed by atoms with Crippen molar-refractivity contribution in [3.8, 4) is 5.75 Å². The average Bonchev–Trinajstić information content (AvgIpc) is 2.66. The van der Waals surface area contributed by atoms with Crippen molar-refractivity contribution in [2.24, 2.45) is 0 Å². The number of amides is 1. The zero-order valence-electron chi connectivity index (χ0n) is 15.4. The molecule has 0 aliphatic carbocycles. The molecule has 0 fully saturated rings. The van der Waals surface area contributed by atoms with E-state index in [0.29, 0.717) is 12.1 Å². The molecule has 0 atom stereocenters. The fourth-order valence-corrected chi connectivity index (χ4v) is 3.12. The second-order valence-corrected chi connectivity index (χ2v) is 6.52. The van der Waals surface area contributed by atoms with Crippen LogP contribution in [0.15, 0.2) is 36.4 Å². The number of aryl methyl sites for hydroxylation is 3. The third-order valence-electron chi connectivity index (χ3n) is 4.78. The first-order valence-corrected chi connectivity index (χ1v) is 8.71. The van der Waals surface area contributed by atoms with Crippen molar-refractivity contribution >= 4 is 17.6 Å². The van der Waals surface area contributed by atoms with Crippen molar-refractivity contribution in [1.29, 1.82) is 0 Å². The first-order valence-electron chi connectivity index (χ1n) is 8.71. The molecule has 0 bridgehead atoms. The van der Waals surface area contributed by atoms with E-state index >= 15 is 0 Å². The van der Waals surface area contributed by atoms with Crippen molar-refractivity contribution in [1.82, 2.24) is 0 Å². The van der Waals surface area contributed by atoms with Gasteiger partial charge in [0.05, 0.1) is 12.7 Å². The van der Waals surface area contributed by atoms with Gasteiger partial charge in [-0.3, -0.25) is 4.79 Å². The molecule has 1 amide bonds. The monoisotopic (exact) mass is 353 g/mol. The van der Waals surface area contributed by atoms with E-state index in [1.165, 1.54) is 0 Å². The quantitative estimate of drug-likeness (QED) is 0.790. The van der Waals surface area contributed by atoms with Crippen LogP contribution in [0.5, 0.6) is 5.75 Å². The van der Waals surface area contributed by atoms with E-state index in [1.807, 2.05) is 38.1 Å². The van der Waals surface area contributed by atoms with Crippen LogP contribution in [0.4, 0.5) is 5.69 Å². The summed E-state index contributed by atoms with van der Waals surface area (Å²) in [6.07, 6.45) is 1.77. The van der Waals surface area contributed by atoms with Gasteiger partial charge in [-0.05, 0) is 73.7 Å². The maximum absolute atomic E-state index is 12.6. The topological polar surface area (TPSA) is 55.8 Å². The predicted molar refractivity (Wildman–Crippen MR) is 99.9 cm³/mol. The lowest BCUT2D eigenvalue weighted by molar-refractivity contribution is -0.121. The summed E-state index contributed by atoms with van der Waals surface area (Å²) in [4.78, 5) is 26.5. The largest absolute Gasteiger partial charge is 0.497 e. The Morgan fingerprint density at radius 2 is 1.88 bits per heavy atom. The fourth-order valence-electron chi connectivity index (χ4n) is 3.12. The lowest BCUT2D eigenvalue weighted by Gasteiger charge is -2.29. The number of fused-ring (bicyclic) bond motifs is 1. The molecule has 2 aromatic carbocycles. The Kier molecular flexibility index (Phi) is 5.26. The van der Waals surface area contributed by atoms with Crippen LogP contribution >= 0.6 is 0 Å². The third kappa shape index (κ3) is 3.72. The molecule has 2 aromatic rings. The molecule has 136 valence electrons. The normalized spacial score (nSPS) is 13.1. The third-order valence-corrected chi connectivity index (χ3v) is 4.78. The van der Waals surface area contributed by atoms with Gasteiger partial charge in [-0.15, -0.1) is 0 Å². The molecule has 5 heteroatoms. The molecule has 1 heterocycles.